The van der Waals surface area contributed by atoms with Gasteiger partial charge >= 0.3 is 0 Å². The van der Waals surface area contributed by atoms with Gasteiger partial charge in [0.05, 0.1) is 6.07 Å². The van der Waals surface area contributed by atoms with Crippen molar-refractivity contribution in [2.75, 3.05) is 26.2 Å². The van der Waals surface area contributed by atoms with Gasteiger partial charge in [-0.05, 0) is 24.0 Å². The van der Waals surface area contributed by atoms with E-state index < -0.39 is 0 Å². The predicted molar refractivity (Wildman–Crippen MR) is 71.3 cm³/mol. The summed E-state index contributed by atoms with van der Waals surface area (Å²) in [4.78, 5) is 2.39. The minimum absolute atomic E-state index is 0.267. The first-order chi connectivity index (χ1) is 8.84. The van der Waals surface area contributed by atoms with Crippen molar-refractivity contribution < 1.29 is 0 Å². The number of nitrogens with zero attached hydrogens (tertiary/aromatic N) is 2. The third-order valence-corrected chi connectivity index (χ3v) is 4.34. The summed E-state index contributed by atoms with van der Waals surface area (Å²) in [5.41, 5.74) is 2.53. The van der Waals surface area contributed by atoms with Crippen LogP contribution in [0.5, 0.6) is 0 Å². The smallest absolute Gasteiger partial charge is 0.113 e. The second-order valence-corrected chi connectivity index (χ2v) is 5.33. The molecule has 0 bridgehead atoms. The number of aryl methyl sites for hydroxylation is 1. The molecule has 3 rings (SSSR count). The van der Waals surface area contributed by atoms with Gasteiger partial charge in [0.15, 0.2) is 0 Å². The van der Waals surface area contributed by atoms with E-state index in [9.17, 15) is 5.26 Å². The minimum atomic E-state index is -0.267. The van der Waals surface area contributed by atoms with Gasteiger partial charge in [0, 0.05) is 32.6 Å². The first-order valence-corrected chi connectivity index (χ1v) is 6.78. The minimum Gasteiger partial charge on any atom is -0.314 e. The summed E-state index contributed by atoms with van der Waals surface area (Å²) in [6, 6.07) is 11.2. The average molecular weight is 241 g/mol. The summed E-state index contributed by atoms with van der Waals surface area (Å²) in [5, 5.41) is 13.1. The van der Waals surface area contributed by atoms with Crippen LogP contribution in [-0.2, 0) is 12.8 Å². The maximum absolute atomic E-state index is 9.71. The normalized spacial score (nSPS) is 28.4. The fourth-order valence-corrected chi connectivity index (χ4v) is 3.25. The largest absolute Gasteiger partial charge is 0.314 e. The van der Waals surface area contributed by atoms with Crippen molar-refractivity contribution in [3.63, 3.8) is 0 Å². The van der Waals surface area contributed by atoms with Crippen molar-refractivity contribution in [3.8, 4) is 6.07 Å². The van der Waals surface area contributed by atoms with Gasteiger partial charge in [-0.15, -0.1) is 0 Å². The lowest BCUT2D eigenvalue weighted by Crippen LogP contribution is -2.57. The molecule has 3 nitrogen and oxygen atoms in total. The number of nitrogens with one attached hydrogen (secondary N) is 1. The van der Waals surface area contributed by atoms with Crippen LogP contribution in [-0.4, -0.2) is 36.6 Å². The zero-order chi connectivity index (χ0) is 12.4. The maximum atomic E-state index is 9.71. The third kappa shape index (κ3) is 1.92. The van der Waals surface area contributed by atoms with E-state index in [1.165, 1.54) is 11.1 Å². The zero-order valence-electron chi connectivity index (χ0n) is 10.7. The lowest BCUT2D eigenvalue weighted by Gasteiger charge is -2.43. The SMILES string of the molecule is N#CC1(N2CCNCC2)CCc2ccccc2C1. The van der Waals surface area contributed by atoms with Gasteiger partial charge in [-0.1, -0.05) is 24.3 Å². The molecule has 0 saturated carbocycles. The Hall–Kier alpha value is -1.37. The van der Waals surface area contributed by atoms with Crippen LogP contribution in [0.2, 0.25) is 0 Å². The Morgan fingerprint density at radius 3 is 2.61 bits per heavy atom. The first kappa shape index (κ1) is 11.7. The Morgan fingerprint density at radius 2 is 1.89 bits per heavy atom. The van der Waals surface area contributed by atoms with E-state index >= 15 is 0 Å². The Bertz CT molecular complexity index is 471. The molecule has 1 saturated heterocycles. The van der Waals surface area contributed by atoms with E-state index in [2.05, 4.69) is 40.6 Å². The van der Waals surface area contributed by atoms with Crippen LogP contribution in [0, 0.1) is 11.3 Å². The summed E-state index contributed by atoms with van der Waals surface area (Å²) < 4.78 is 0. The lowest BCUT2D eigenvalue weighted by molar-refractivity contribution is 0.105. The van der Waals surface area contributed by atoms with Gasteiger partial charge in [0.25, 0.3) is 0 Å². The molecule has 1 atom stereocenters. The standard InChI is InChI=1S/C15H19N3/c16-12-15(18-9-7-17-8-10-18)6-5-13-3-1-2-4-14(13)11-15/h1-4,17H,5-11H2. The van der Waals surface area contributed by atoms with Crippen LogP contribution in [0.25, 0.3) is 0 Å². The van der Waals surface area contributed by atoms with Gasteiger partial charge in [0.1, 0.15) is 5.54 Å². The summed E-state index contributed by atoms with van der Waals surface area (Å²) in [7, 11) is 0. The zero-order valence-corrected chi connectivity index (χ0v) is 10.7. The van der Waals surface area contributed by atoms with Crippen molar-refractivity contribution in [3.05, 3.63) is 35.4 Å². The summed E-state index contributed by atoms with van der Waals surface area (Å²) >= 11 is 0. The van der Waals surface area contributed by atoms with E-state index in [4.69, 9.17) is 0 Å². The quantitative estimate of drug-likeness (QED) is 0.806. The van der Waals surface area contributed by atoms with Crippen molar-refractivity contribution in [2.24, 2.45) is 0 Å². The topological polar surface area (TPSA) is 39.1 Å². The molecule has 1 heterocycles. The molecular weight excluding hydrogens is 222 g/mol. The van der Waals surface area contributed by atoms with Crippen molar-refractivity contribution in [1.82, 2.24) is 10.2 Å². The fraction of sp³-hybridized carbons (Fsp3) is 0.533. The van der Waals surface area contributed by atoms with E-state index in [0.717, 1.165) is 45.4 Å². The number of nitriles is 1. The molecule has 0 aromatic heterocycles. The highest BCUT2D eigenvalue weighted by Gasteiger charge is 2.40. The molecule has 1 N–H and O–H groups in total. The van der Waals surface area contributed by atoms with E-state index in [-0.39, 0.29) is 5.54 Å². The molecule has 1 aliphatic heterocycles. The van der Waals surface area contributed by atoms with Crippen LogP contribution in [0.3, 0.4) is 0 Å². The summed E-state index contributed by atoms with van der Waals surface area (Å²) in [6.45, 7) is 4.00. The van der Waals surface area contributed by atoms with E-state index in [0.29, 0.717) is 0 Å². The van der Waals surface area contributed by atoms with Gasteiger partial charge in [-0.3, -0.25) is 4.90 Å². The van der Waals surface area contributed by atoms with Crippen molar-refractivity contribution in [2.45, 2.75) is 24.8 Å². The van der Waals surface area contributed by atoms with Gasteiger partial charge in [0.2, 0.25) is 0 Å². The molecule has 1 unspecified atom stereocenters. The third-order valence-electron chi connectivity index (χ3n) is 4.34. The molecule has 1 aliphatic carbocycles. The lowest BCUT2D eigenvalue weighted by atomic mass is 9.77. The van der Waals surface area contributed by atoms with Gasteiger partial charge in [-0.2, -0.15) is 5.26 Å². The predicted octanol–water partition coefficient (Wildman–Crippen LogP) is 1.34. The van der Waals surface area contributed by atoms with Crippen LogP contribution in [0.15, 0.2) is 24.3 Å². The maximum Gasteiger partial charge on any atom is 0.113 e. The number of hydrogen-bond donors (Lipinski definition) is 1. The van der Waals surface area contributed by atoms with Crippen molar-refractivity contribution >= 4 is 0 Å². The monoisotopic (exact) mass is 241 g/mol. The van der Waals surface area contributed by atoms with Gasteiger partial charge in [-0.25, -0.2) is 0 Å². The van der Waals surface area contributed by atoms with Crippen LogP contribution >= 0.6 is 0 Å². The molecule has 94 valence electrons. The number of rotatable bonds is 1. The Balaban J connectivity index is 1.88. The van der Waals surface area contributed by atoms with Crippen LogP contribution in [0.1, 0.15) is 17.5 Å². The second-order valence-electron chi connectivity index (χ2n) is 5.33. The van der Waals surface area contributed by atoms with E-state index in [1.807, 2.05) is 0 Å². The summed E-state index contributed by atoms with van der Waals surface area (Å²) in [5.74, 6) is 0. The number of hydrogen-bond acceptors (Lipinski definition) is 3. The molecule has 0 radical (unpaired) electrons. The molecule has 1 aromatic carbocycles. The fourth-order valence-electron chi connectivity index (χ4n) is 3.25. The molecule has 0 spiro atoms. The molecule has 1 aromatic rings. The molecule has 18 heavy (non-hydrogen) atoms. The molecule has 1 fully saturated rings. The second kappa shape index (κ2) is 4.72. The Labute approximate surface area is 108 Å². The highest BCUT2D eigenvalue weighted by atomic mass is 15.2. The highest BCUT2D eigenvalue weighted by Crippen LogP contribution is 2.33. The molecule has 0 amide bonds. The average Bonchev–Trinajstić information content (AvgIpc) is 2.47. The number of piperazine rings is 1. The molecule has 2 aliphatic rings. The Kier molecular flexibility index (Phi) is 3.07. The van der Waals surface area contributed by atoms with Crippen molar-refractivity contribution in [1.29, 1.82) is 5.26 Å². The first-order valence-electron chi connectivity index (χ1n) is 6.78. The van der Waals surface area contributed by atoms with Crippen LogP contribution < -0.4 is 5.32 Å². The number of fused-ring (bicyclic) bond motifs is 1. The molecule has 3 heteroatoms. The van der Waals surface area contributed by atoms with E-state index in [1.54, 1.807) is 0 Å². The summed E-state index contributed by atoms with van der Waals surface area (Å²) in [6.07, 6.45) is 2.90. The van der Waals surface area contributed by atoms with Crippen LogP contribution in [0.4, 0.5) is 0 Å². The Morgan fingerprint density at radius 1 is 1.17 bits per heavy atom. The molecular formula is C15H19N3. The number of benzene rings is 1. The van der Waals surface area contributed by atoms with Gasteiger partial charge < -0.3 is 5.32 Å². The highest BCUT2D eigenvalue weighted by molar-refractivity contribution is 5.35.